The second-order valence-corrected chi connectivity index (χ2v) is 4.14. The molecule has 0 saturated heterocycles. The van der Waals surface area contributed by atoms with Gasteiger partial charge in [0, 0.05) is 23.5 Å². The lowest BCUT2D eigenvalue weighted by Crippen LogP contribution is -2.17. The lowest BCUT2D eigenvalue weighted by molar-refractivity contribution is 0.0551. The molecule has 0 aliphatic carbocycles. The van der Waals surface area contributed by atoms with Crippen LogP contribution in [0.2, 0.25) is 0 Å². The molecule has 1 unspecified atom stereocenters. The molecular weight excluding hydrogens is 212 g/mol. The van der Waals surface area contributed by atoms with E-state index in [0.717, 1.165) is 4.90 Å². The van der Waals surface area contributed by atoms with Crippen LogP contribution < -0.4 is 5.73 Å². The Labute approximate surface area is 93.8 Å². The van der Waals surface area contributed by atoms with Crippen LogP contribution in [0.25, 0.3) is 0 Å². The molecule has 15 heavy (non-hydrogen) atoms. The number of rotatable bonds is 6. The topological polar surface area (TPSA) is 68.4 Å². The second kappa shape index (κ2) is 6.66. The van der Waals surface area contributed by atoms with E-state index in [4.69, 9.17) is 10.5 Å². The zero-order chi connectivity index (χ0) is 11.1. The van der Waals surface area contributed by atoms with Gasteiger partial charge in [-0.15, -0.1) is 11.8 Å². The highest BCUT2D eigenvalue weighted by Gasteiger charge is 2.04. The summed E-state index contributed by atoms with van der Waals surface area (Å²) in [6, 6.07) is 3.64. The van der Waals surface area contributed by atoms with E-state index in [1.807, 2.05) is 13.0 Å². The Morgan fingerprint density at radius 2 is 2.40 bits per heavy atom. The van der Waals surface area contributed by atoms with Crippen molar-refractivity contribution in [1.29, 1.82) is 0 Å². The molecule has 1 rings (SSSR count). The van der Waals surface area contributed by atoms with E-state index in [1.165, 1.54) is 11.8 Å². The quantitative estimate of drug-likeness (QED) is 0.715. The summed E-state index contributed by atoms with van der Waals surface area (Å²) in [7, 11) is 0. The van der Waals surface area contributed by atoms with Crippen molar-refractivity contribution in [2.24, 2.45) is 0 Å². The third-order valence-electron chi connectivity index (χ3n) is 1.72. The first-order valence-electron chi connectivity index (χ1n) is 4.82. The summed E-state index contributed by atoms with van der Waals surface area (Å²) in [5, 5.41) is 9.51. The third-order valence-corrected chi connectivity index (χ3v) is 2.84. The molecule has 1 heterocycles. The van der Waals surface area contributed by atoms with E-state index in [-0.39, 0.29) is 0 Å². The van der Waals surface area contributed by atoms with Gasteiger partial charge in [-0.25, -0.2) is 4.98 Å². The fraction of sp³-hybridized carbons (Fsp3) is 0.500. The summed E-state index contributed by atoms with van der Waals surface area (Å²) in [6.07, 6.45) is 1.26. The molecule has 0 aromatic carbocycles. The predicted molar refractivity (Wildman–Crippen MR) is 61.9 cm³/mol. The van der Waals surface area contributed by atoms with Gasteiger partial charge in [0.05, 0.1) is 12.7 Å². The van der Waals surface area contributed by atoms with Gasteiger partial charge in [0.15, 0.2) is 0 Å². The van der Waals surface area contributed by atoms with Crippen molar-refractivity contribution in [2.75, 3.05) is 24.7 Å². The van der Waals surface area contributed by atoms with E-state index in [2.05, 4.69) is 4.98 Å². The van der Waals surface area contributed by atoms with Crippen molar-refractivity contribution >= 4 is 17.6 Å². The Morgan fingerprint density at radius 1 is 1.60 bits per heavy atom. The highest BCUT2D eigenvalue weighted by Crippen LogP contribution is 2.18. The smallest absolute Gasteiger partial charge is 0.123 e. The number of aromatic nitrogens is 1. The summed E-state index contributed by atoms with van der Waals surface area (Å²) in [6.45, 7) is 2.92. The molecule has 0 saturated carbocycles. The van der Waals surface area contributed by atoms with Crippen molar-refractivity contribution in [3.63, 3.8) is 0 Å². The van der Waals surface area contributed by atoms with E-state index in [1.54, 1.807) is 12.3 Å². The monoisotopic (exact) mass is 228 g/mol. The maximum atomic E-state index is 9.51. The van der Waals surface area contributed by atoms with E-state index < -0.39 is 6.10 Å². The van der Waals surface area contributed by atoms with Gasteiger partial charge < -0.3 is 15.6 Å². The third kappa shape index (κ3) is 5.01. The summed E-state index contributed by atoms with van der Waals surface area (Å²) < 4.78 is 5.10. The minimum atomic E-state index is -0.437. The summed E-state index contributed by atoms with van der Waals surface area (Å²) in [4.78, 5) is 4.96. The molecule has 4 nitrogen and oxygen atoms in total. The Hall–Kier alpha value is -0.780. The number of anilines is 1. The Balaban J connectivity index is 2.27. The van der Waals surface area contributed by atoms with Crippen molar-refractivity contribution < 1.29 is 9.84 Å². The van der Waals surface area contributed by atoms with Gasteiger partial charge in [0.25, 0.3) is 0 Å². The van der Waals surface area contributed by atoms with Crippen LogP contribution in [0.5, 0.6) is 0 Å². The average molecular weight is 228 g/mol. The maximum Gasteiger partial charge on any atom is 0.123 e. The van der Waals surface area contributed by atoms with Crippen LogP contribution in [0.4, 0.5) is 5.82 Å². The molecule has 0 bridgehead atoms. The Bertz CT molecular complexity index is 279. The van der Waals surface area contributed by atoms with E-state index in [9.17, 15) is 5.11 Å². The SMILES string of the molecule is CCOCC(O)CSc1ccc(N)nc1. The largest absolute Gasteiger partial charge is 0.390 e. The minimum Gasteiger partial charge on any atom is -0.390 e. The molecule has 1 atom stereocenters. The van der Waals surface area contributed by atoms with Crippen LogP contribution in [-0.4, -0.2) is 35.2 Å². The number of hydrogen-bond acceptors (Lipinski definition) is 5. The first-order valence-corrected chi connectivity index (χ1v) is 5.81. The number of nitrogen functional groups attached to an aromatic ring is 1. The number of pyridine rings is 1. The molecule has 0 radical (unpaired) electrons. The van der Waals surface area contributed by atoms with Gasteiger partial charge >= 0.3 is 0 Å². The normalized spacial score (nSPS) is 12.7. The predicted octanol–water partition coefficient (Wildman–Crippen LogP) is 1.15. The van der Waals surface area contributed by atoms with Crippen molar-refractivity contribution in [3.05, 3.63) is 18.3 Å². The molecule has 0 aliphatic heterocycles. The van der Waals surface area contributed by atoms with E-state index >= 15 is 0 Å². The molecule has 0 spiro atoms. The molecule has 1 aromatic heterocycles. The zero-order valence-corrected chi connectivity index (χ0v) is 9.54. The molecule has 0 fully saturated rings. The van der Waals surface area contributed by atoms with E-state index in [0.29, 0.717) is 24.8 Å². The number of hydrogen-bond donors (Lipinski definition) is 2. The fourth-order valence-electron chi connectivity index (χ4n) is 0.972. The minimum absolute atomic E-state index is 0.381. The lowest BCUT2D eigenvalue weighted by atomic mass is 10.4. The maximum absolute atomic E-state index is 9.51. The van der Waals surface area contributed by atoms with Crippen LogP contribution in [0.1, 0.15) is 6.92 Å². The number of nitrogens with two attached hydrogens (primary N) is 1. The summed E-state index contributed by atoms with van der Waals surface area (Å²) in [5.41, 5.74) is 5.46. The van der Waals surface area contributed by atoms with Crippen LogP contribution in [0, 0.1) is 0 Å². The molecule has 0 amide bonds. The standard InChI is InChI=1S/C10H16N2O2S/c1-2-14-6-8(13)7-15-9-3-4-10(11)12-5-9/h3-5,8,13H,2,6-7H2,1H3,(H2,11,12). The summed E-state index contributed by atoms with van der Waals surface area (Å²) >= 11 is 1.54. The summed E-state index contributed by atoms with van der Waals surface area (Å²) in [5.74, 6) is 1.11. The Kier molecular flexibility index (Phi) is 5.45. The number of ether oxygens (including phenoxy) is 1. The van der Waals surface area contributed by atoms with Crippen LogP contribution >= 0.6 is 11.8 Å². The zero-order valence-electron chi connectivity index (χ0n) is 8.72. The number of nitrogens with zero attached hydrogens (tertiary/aromatic N) is 1. The van der Waals surface area contributed by atoms with Crippen LogP contribution in [0.15, 0.2) is 23.2 Å². The molecule has 84 valence electrons. The molecule has 1 aromatic rings. The first-order chi connectivity index (χ1) is 7.22. The van der Waals surface area contributed by atoms with Gasteiger partial charge in [-0.3, -0.25) is 0 Å². The van der Waals surface area contributed by atoms with Crippen LogP contribution in [-0.2, 0) is 4.74 Å². The van der Waals surface area contributed by atoms with Crippen LogP contribution in [0.3, 0.4) is 0 Å². The lowest BCUT2D eigenvalue weighted by Gasteiger charge is -2.09. The van der Waals surface area contributed by atoms with Crippen molar-refractivity contribution in [1.82, 2.24) is 4.98 Å². The number of aliphatic hydroxyl groups is 1. The number of aliphatic hydroxyl groups excluding tert-OH is 1. The first kappa shape index (κ1) is 12.3. The highest BCUT2D eigenvalue weighted by atomic mass is 32.2. The second-order valence-electron chi connectivity index (χ2n) is 3.04. The van der Waals surface area contributed by atoms with Gasteiger partial charge in [0.2, 0.25) is 0 Å². The van der Waals surface area contributed by atoms with Gasteiger partial charge in [-0.2, -0.15) is 0 Å². The Morgan fingerprint density at radius 3 is 3.00 bits per heavy atom. The van der Waals surface area contributed by atoms with Gasteiger partial charge in [-0.1, -0.05) is 0 Å². The molecule has 5 heteroatoms. The average Bonchev–Trinajstić information content (AvgIpc) is 2.25. The highest BCUT2D eigenvalue weighted by molar-refractivity contribution is 7.99. The molecular formula is C10H16N2O2S. The van der Waals surface area contributed by atoms with Crippen molar-refractivity contribution in [2.45, 2.75) is 17.9 Å². The molecule has 0 aliphatic rings. The van der Waals surface area contributed by atoms with Gasteiger partial charge in [0.1, 0.15) is 5.82 Å². The number of thioether (sulfide) groups is 1. The van der Waals surface area contributed by atoms with Crippen molar-refractivity contribution in [3.8, 4) is 0 Å². The fourth-order valence-corrected chi connectivity index (χ4v) is 1.74. The van der Waals surface area contributed by atoms with Gasteiger partial charge in [-0.05, 0) is 19.1 Å². The molecule has 3 N–H and O–H groups in total.